The Bertz CT molecular complexity index is 622. The van der Waals surface area contributed by atoms with E-state index in [-0.39, 0.29) is 18.0 Å². The van der Waals surface area contributed by atoms with Crippen LogP contribution < -0.4 is 16.2 Å². The molecule has 0 aliphatic rings. The predicted octanol–water partition coefficient (Wildman–Crippen LogP) is 0.924. The lowest BCUT2D eigenvalue weighted by atomic mass is 10.3. The number of nitrogens with one attached hydrogen (secondary N) is 2. The van der Waals surface area contributed by atoms with Crippen LogP contribution in [-0.4, -0.2) is 22.7 Å². The first-order valence-corrected chi connectivity index (χ1v) is 5.79. The van der Waals surface area contributed by atoms with Gasteiger partial charge in [0.2, 0.25) is 5.91 Å². The van der Waals surface area contributed by atoms with Crippen LogP contribution >= 0.6 is 0 Å². The average Bonchev–Trinajstić information content (AvgIpc) is 2.42. The van der Waals surface area contributed by atoms with Gasteiger partial charge < -0.3 is 10.6 Å². The van der Waals surface area contributed by atoms with Crippen molar-refractivity contribution in [2.24, 2.45) is 0 Å². The van der Waals surface area contributed by atoms with Crippen LogP contribution in [0.15, 0.2) is 47.4 Å². The van der Waals surface area contributed by atoms with E-state index in [1.165, 1.54) is 12.3 Å². The van der Waals surface area contributed by atoms with Crippen LogP contribution in [0.2, 0.25) is 0 Å². The van der Waals surface area contributed by atoms with Gasteiger partial charge in [-0.2, -0.15) is 5.10 Å². The quantitative estimate of drug-likeness (QED) is 0.855. The molecule has 0 atom stereocenters. The third-order valence-electron chi connectivity index (χ3n) is 2.51. The number of aromatic nitrogens is 2. The Balaban J connectivity index is 2.05. The van der Waals surface area contributed by atoms with Gasteiger partial charge >= 0.3 is 0 Å². The molecule has 98 valence electrons. The molecule has 2 N–H and O–H groups in total. The lowest BCUT2D eigenvalue weighted by molar-refractivity contribution is -0.117. The largest absolute Gasteiger partial charge is 0.387 e. The fraction of sp³-hybridized carbons (Fsp3) is 0.154. The summed E-state index contributed by atoms with van der Waals surface area (Å²) in [6, 6.07) is 10.4. The first-order chi connectivity index (χ1) is 9.19. The molecule has 6 nitrogen and oxygen atoms in total. The molecule has 0 saturated heterocycles. The van der Waals surface area contributed by atoms with Gasteiger partial charge in [0.25, 0.3) is 5.56 Å². The number of nitrogens with zero attached hydrogens (tertiary/aromatic N) is 2. The minimum atomic E-state index is -0.324. The Morgan fingerprint density at radius 2 is 2.00 bits per heavy atom. The monoisotopic (exact) mass is 258 g/mol. The van der Waals surface area contributed by atoms with Crippen LogP contribution in [0.4, 0.5) is 11.4 Å². The molecule has 1 aromatic carbocycles. The maximum absolute atomic E-state index is 11.8. The second kappa shape index (κ2) is 5.81. The van der Waals surface area contributed by atoms with E-state index in [2.05, 4.69) is 15.7 Å². The maximum atomic E-state index is 11.8. The molecule has 19 heavy (non-hydrogen) atoms. The number of carbonyl (C=O) groups excluding carboxylic acids is 1. The summed E-state index contributed by atoms with van der Waals surface area (Å²) in [7, 11) is 1.70. The van der Waals surface area contributed by atoms with Gasteiger partial charge in [-0.05, 0) is 12.1 Å². The van der Waals surface area contributed by atoms with Gasteiger partial charge in [-0.25, -0.2) is 4.68 Å². The van der Waals surface area contributed by atoms with Crippen molar-refractivity contribution in [1.29, 1.82) is 0 Å². The van der Waals surface area contributed by atoms with Crippen molar-refractivity contribution in [2.75, 3.05) is 17.7 Å². The van der Waals surface area contributed by atoms with Gasteiger partial charge in [0, 0.05) is 18.8 Å². The highest BCUT2D eigenvalue weighted by molar-refractivity contribution is 5.90. The number of hydrogen-bond acceptors (Lipinski definition) is 4. The Morgan fingerprint density at radius 3 is 2.63 bits per heavy atom. The molecule has 0 bridgehead atoms. The Hall–Kier alpha value is -2.63. The first kappa shape index (κ1) is 12.8. The van der Waals surface area contributed by atoms with E-state index >= 15 is 0 Å². The summed E-state index contributed by atoms with van der Waals surface area (Å²) < 4.78 is 1.11. The van der Waals surface area contributed by atoms with Crippen molar-refractivity contribution in [3.05, 3.63) is 52.9 Å². The van der Waals surface area contributed by atoms with E-state index in [0.717, 1.165) is 4.68 Å². The van der Waals surface area contributed by atoms with E-state index in [1.54, 1.807) is 19.2 Å². The van der Waals surface area contributed by atoms with E-state index in [1.807, 2.05) is 18.2 Å². The van der Waals surface area contributed by atoms with Crippen LogP contribution in [0.25, 0.3) is 0 Å². The van der Waals surface area contributed by atoms with Crippen molar-refractivity contribution < 1.29 is 4.79 Å². The summed E-state index contributed by atoms with van der Waals surface area (Å²) >= 11 is 0. The van der Waals surface area contributed by atoms with Gasteiger partial charge in [-0.15, -0.1) is 0 Å². The highest BCUT2D eigenvalue weighted by Gasteiger charge is 2.06. The SMILES string of the molecule is CNc1cnn(CC(=O)Nc2ccccc2)c(=O)c1. The molecule has 2 rings (SSSR count). The lowest BCUT2D eigenvalue weighted by Gasteiger charge is -2.07. The van der Waals surface area contributed by atoms with E-state index in [0.29, 0.717) is 11.4 Å². The molecule has 0 radical (unpaired) electrons. The molecule has 0 saturated carbocycles. The molecule has 1 amide bonds. The summed E-state index contributed by atoms with van der Waals surface area (Å²) in [6.07, 6.45) is 1.50. The molecule has 1 aromatic heterocycles. The number of hydrogen-bond donors (Lipinski definition) is 2. The van der Waals surface area contributed by atoms with Gasteiger partial charge in [-0.1, -0.05) is 18.2 Å². The van der Waals surface area contributed by atoms with E-state index < -0.39 is 0 Å². The molecular weight excluding hydrogens is 244 g/mol. The first-order valence-electron chi connectivity index (χ1n) is 5.79. The third-order valence-corrected chi connectivity index (χ3v) is 2.51. The maximum Gasteiger partial charge on any atom is 0.269 e. The normalized spacial score (nSPS) is 9.95. The second-order valence-corrected chi connectivity index (χ2v) is 3.90. The number of benzene rings is 1. The highest BCUT2D eigenvalue weighted by atomic mass is 16.2. The third kappa shape index (κ3) is 3.41. The fourth-order valence-electron chi connectivity index (χ4n) is 1.55. The van der Waals surface area contributed by atoms with Gasteiger partial charge in [0.1, 0.15) is 6.54 Å². The molecule has 0 aliphatic heterocycles. The zero-order valence-corrected chi connectivity index (χ0v) is 10.5. The van der Waals surface area contributed by atoms with Crippen LogP contribution in [0, 0.1) is 0 Å². The smallest absolute Gasteiger partial charge is 0.269 e. The Morgan fingerprint density at radius 1 is 1.26 bits per heavy atom. The molecule has 6 heteroatoms. The van der Waals surface area contributed by atoms with Crippen LogP contribution in [0.5, 0.6) is 0 Å². The van der Waals surface area contributed by atoms with Gasteiger partial charge in [-0.3, -0.25) is 9.59 Å². The summed E-state index contributed by atoms with van der Waals surface area (Å²) in [4.78, 5) is 23.4. The van der Waals surface area contributed by atoms with Gasteiger partial charge in [0.15, 0.2) is 0 Å². The van der Waals surface area contributed by atoms with Crippen LogP contribution in [-0.2, 0) is 11.3 Å². The Labute approximate surface area is 110 Å². The molecule has 2 aromatic rings. The average molecular weight is 258 g/mol. The van der Waals surface area contributed by atoms with Crippen LogP contribution in [0.1, 0.15) is 0 Å². The van der Waals surface area contributed by atoms with Crippen molar-refractivity contribution in [3.8, 4) is 0 Å². The van der Waals surface area contributed by atoms with Crippen molar-refractivity contribution in [3.63, 3.8) is 0 Å². The van der Waals surface area contributed by atoms with Gasteiger partial charge in [0.05, 0.1) is 11.9 Å². The highest BCUT2D eigenvalue weighted by Crippen LogP contribution is 2.04. The summed E-state index contributed by atoms with van der Waals surface area (Å²) in [5.41, 5.74) is 0.979. The van der Waals surface area contributed by atoms with E-state index in [4.69, 9.17) is 0 Å². The Kier molecular flexibility index (Phi) is 3.92. The molecule has 1 heterocycles. The number of anilines is 2. The van der Waals surface area contributed by atoms with Crippen LogP contribution in [0.3, 0.4) is 0 Å². The standard InChI is InChI=1S/C13H14N4O2/c1-14-11-7-13(19)17(15-8-11)9-12(18)16-10-5-3-2-4-6-10/h2-8,14H,9H2,1H3,(H,16,18). The summed E-state index contributed by atoms with van der Waals surface area (Å²) in [5, 5.41) is 9.42. The number of amides is 1. The number of rotatable bonds is 4. The molecule has 0 aliphatic carbocycles. The van der Waals surface area contributed by atoms with Crippen molar-refractivity contribution >= 4 is 17.3 Å². The summed E-state index contributed by atoms with van der Waals surface area (Å²) in [6.45, 7) is -0.113. The fourth-order valence-corrected chi connectivity index (χ4v) is 1.55. The molecular formula is C13H14N4O2. The second-order valence-electron chi connectivity index (χ2n) is 3.90. The van der Waals surface area contributed by atoms with Crippen molar-refractivity contribution in [2.45, 2.75) is 6.54 Å². The van der Waals surface area contributed by atoms with E-state index in [9.17, 15) is 9.59 Å². The minimum Gasteiger partial charge on any atom is -0.387 e. The number of carbonyl (C=O) groups is 1. The van der Waals surface area contributed by atoms with Crippen molar-refractivity contribution in [1.82, 2.24) is 9.78 Å². The topological polar surface area (TPSA) is 76.0 Å². The molecule has 0 fully saturated rings. The minimum absolute atomic E-state index is 0.113. The zero-order chi connectivity index (χ0) is 13.7. The lowest BCUT2D eigenvalue weighted by Crippen LogP contribution is -2.29. The molecule has 0 spiro atoms. The molecule has 0 unspecified atom stereocenters. The number of para-hydroxylation sites is 1. The zero-order valence-electron chi connectivity index (χ0n) is 10.5. The summed E-state index contributed by atoms with van der Waals surface area (Å²) in [5.74, 6) is -0.294. The predicted molar refractivity (Wildman–Crippen MR) is 73.1 cm³/mol.